The number of hydrogen-bond donors (Lipinski definition) is 19. The molecule has 1 aliphatic rings. The SMILES string of the molecule is C[C@@H](O)[C@H](NC(=O)[C@H](CCCCN)NC(=O)[C@H](CCCN=C(N)N)NC(=O)[C@H](CCCCN)NC(=O)[C@H](CCCN=C(N)N)NC(=O)[C@H](CCC(N)=O)NC(=O)[C@@H]1CCCN1)C(=O)N[C@@H](CCCN=C(N)N)C(=O)O. The van der Waals surface area contributed by atoms with E-state index in [4.69, 9.17) is 51.6 Å². The second-order valence-corrected chi connectivity index (χ2v) is 18.0. The van der Waals surface area contributed by atoms with Gasteiger partial charge in [0.1, 0.15) is 42.3 Å². The zero-order valence-corrected chi connectivity index (χ0v) is 42.9. The lowest BCUT2D eigenvalue weighted by Crippen LogP contribution is -2.61. The Kier molecular flexibility index (Phi) is 32.3. The third-order valence-corrected chi connectivity index (χ3v) is 11.6. The van der Waals surface area contributed by atoms with Crippen LogP contribution in [0.1, 0.15) is 110 Å². The van der Waals surface area contributed by atoms with E-state index < -0.39 is 108 Å². The molecule has 31 heteroatoms. The Morgan fingerprint density at radius 2 is 0.867 bits per heavy atom. The van der Waals surface area contributed by atoms with Gasteiger partial charge in [-0.3, -0.25) is 53.3 Å². The number of carbonyl (C=O) groups excluding carboxylic acids is 8. The molecule has 0 radical (unpaired) electrons. The second-order valence-electron chi connectivity index (χ2n) is 18.0. The predicted molar refractivity (Wildman–Crippen MR) is 278 cm³/mol. The van der Waals surface area contributed by atoms with Crippen molar-refractivity contribution in [3.05, 3.63) is 0 Å². The topological polar surface area (TPSA) is 562 Å². The highest BCUT2D eigenvalue weighted by Gasteiger charge is 2.36. The zero-order chi connectivity index (χ0) is 56.5. The van der Waals surface area contributed by atoms with Crippen molar-refractivity contribution >= 4 is 71.1 Å². The second kappa shape index (κ2) is 36.7. The number of amides is 8. The summed E-state index contributed by atoms with van der Waals surface area (Å²) in [6.07, 6.45) is 0.671. The number of unbranched alkanes of at least 4 members (excludes halogenated alkanes) is 2. The van der Waals surface area contributed by atoms with Gasteiger partial charge in [-0.15, -0.1) is 0 Å². The van der Waals surface area contributed by atoms with Crippen molar-refractivity contribution in [2.75, 3.05) is 39.3 Å². The van der Waals surface area contributed by atoms with Gasteiger partial charge in [-0.25, -0.2) is 4.79 Å². The maximum absolute atomic E-state index is 14.3. The molecule has 31 nitrogen and oxygen atoms in total. The number of aliphatic hydroxyl groups excluding tert-OH is 1. The third-order valence-electron chi connectivity index (χ3n) is 11.6. The molecule has 0 spiro atoms. The van der Waals surface area contributed by atoms with Gasteiger partial charge in [0.15, 0.2) is 17.9 Å². The number of aliphatic imine (C=N–C) groups is 3. The van der Waals surface area contributed by atoms with Crippen LogP contribution in [0.5, 0.6) is 0 Å². The molecular formula is C44H84N20O11. The molecule has 8 amide bonds. The summed E-state index contributed by atoms with van der Waals surface area (Å²) in [5.41, 5.74) is 49.5. The molecule has 1 saturated heterocycles. The van der Waals surface area contributed by atoms with Gasteiger partial charge in [0, 0.05) is 26.1 Å². The fourth-order valence-electron chi connectivity index (χ4n) is 7.57. The molecule has 1 rings (SSSR count). The Balaban J connectivity index is 3.57. The highest BCUT2D eigenvalue weighted by atomic mass is 16.4. The number of aliphatic carboxylic acids is 1. The molecule has 9 atom stereocenters. The molecule has 75 heavy (non-hydrogen) atoms. The largest absolute Gasteiger partial charge is 0.480 e. The van der Waals surface area contributed by atoms with E-state index in [1.54, 1.807) is 0 Å². The maximum Gasteiger partial charge on any atom is 0.326 e. The summed E-state index contributed by atoms with van der Waals surface area (Å²) in [4.78, 5) is 133. The Morgan fingerprint density at radius 1 is 0.507 bits per heavy atom. The lowest BCUT2D eigenvalue weighted by Gasteiger charge is -2.28. The lowest BCUT2D eigenvalue weighted by atomic mass is 10.0. The molecular weight excluding hydrogens is 985 g/mol. The standard InChI is InChI=1S/C44H84N20O11/c1-24(65)33(40(73)63-31(41(74)75)15-9-23-57-44(52)53)64-39(72)27(11-3-5-19-46)59-37(70)28(13-7-21-55-42(48)49)60-35(68)26(10-2-4-18-45)58-36(69)29(14-8-22-56-43(50)51)61-38(71)30(16-17-32(47)66)62-34(67)25-12-6-20-54-25/h24-31,33,54,65H,2-23,45-46H2,1H3,(H2,47,66)(H,58,69)(H,59,70)(H,60,68)(H,61,71)(H,62,67)(H,63,73)(H,64,72)(H,74,75)(H4,48,49,55)(H4,50,51,56)(H4,52,53,57)/t24-,25+,26+,27+,28+,29+,30+,31+,33+/m1/s1. The van der Waals surface area contributed by atoms with E-state index in [0.717, 1.165) is 6.42 Å². The fourth-order valence-corrected chi connectivity index (χ4v) is 7.57. The van der Waals surface area contributed by atoms with Gasteiger partial charge in [-0.1, -0.05) is 0 Å². The number of nitrogens with zero attached hydrogens (tertiary/aromatic N) is 3. The molecule has 426 valence electrons. The third kappa shape index (κ3) is 28.2. The maximum atomic E-state index is 14.3. The van der Waals surface area contributed by atoms with Gasteiger partial charge in [0.25, 0.3) is 0 Å². The Hall–Kier alpha value is -7.12. The summed E-state index contributed by atoms with van der Waals surface area (Å²) in [5.74, 6) is -8.72. The van der Waals surface area contributed by atoms with Crippen molar-refractivity contribution in [2.45, 2.75) is 164 Å². The summed E-state index contributed by atoms with van der Waals surface area (Å²) < 4.78 is 0. The molecule has 0 unspecified atom stereocenters. The average molecular weight is 1070 g/mol. The predicted octanol–water partition coefficient (Wildman–Crippen LogP) is -7.72. The number of guanidine groups is 3. The summed E-state index contributed by atoms with van der Waals surface area (Å²) >= 11 is 0. The summed E-state index contributed by atoms with van der Waals surface area (Å²) in [6.45, 7) is 2.33. The van der Waals surface area contributed by atoms with Crippen LogP contribution in [0.15, 0.2) is 15.0 Å². The molecule has 0 bridgehead atoms. The van der Waals surface area contributed by atoms with E-state index in [9.17, 15) is 53.4 Å². The van der Waals surface area contributed by atoms with Crippen molar-refractivity contribution in [1.29, 1.82) is 0 Å². The van der Waals surface area contributed by atoms with Gasteiger partial charge < -0.3 is 104 Å². The quantitative estimate of drug-likeness (QED) is 0.0154. The van der Waals surface area contributed by atoms with Gasteiger partial charge in [0.05, 0.1) is 12.1 Å². The molecule has 0 aromatic carbocycles. The van der Waals surface area contributed by atoms with Crippen LogP contribution in [0, 0.1) is 0 Å². The van der Waals surface area contributed by atoms with Gasteiger partial charge in [-0.05, 0) is 123 Å². The van der Waals surface area contributed by atoms with Gasteiger partial charge in [-0.2, -0.15) is 0 Å². The minimum atomic E-state index is -1.70. The molecule has 0 saturated carbocycles. The van der Waals surface area contributed by atoms with Crippen LogP contribution in [0.25, 0.3) is 0 Å². The van der Waals surface area contributed by atoms with Crippen LogP contribution >= 0.6 is 0 Å². The first kappa shape index (κ1) is 65.9. The molecule has 28 N–H and O–H groups in total. The molecule has 0 aliphatic carbocycles. The lowest BCUT2D eigenvalue weighted by molar-refractivity contribution is -0.143. The number of nitrogens with two attached hydrogens (primary N) is 9. The highest BCUT2D eigenvalue weighted by molar-refractivity contribution is 5.98. The van der Waals surface area contributed by atoms with Crippen molar-refractivity contribution in [3.63, 3.8) is 0 Å². The first-order valence-electron chi connectivity index (χ1n) is 25.1. The van der Waals surface area contributed by atoms with Crippen LogP contribution in [-0.4, -0.2) is 175 Å². The number of hydrogen-bond acceptors (Lipinski definition) is 16. The van der Waals surface area contributed by atoms with E-state index in [-0.39, 0.29) is 121 Å². The van der Waals surface area contributed by atoms with E-state index in [1.807, 2.05) is 0 Å². The number of rotatable bonds is 39. The van der Waals surface area contributed by atoms with Crippen LogP contribution in [0.3, 0.4) is 0 Å². The molecule has 1 aliphatic heterocycles. The number of carbonyl (C=O) groups is 9. The van der Waals surface area contributed by atoms with E-state index in [0.29, 0.717) is 32.2 Å². The fraction of sp³-hybridized carbons (Fsp3) is 0.727. The molecule has 0 aromatic rings. The molecule has 1 fully saturated rings. The van der Waals surface area contributed by atoms with Gasteiger partial charge in [0.2, 0.25) is 47.3 Å². The number of carboxylic acids is 1. The van der Waals surface area contributed by atoms with E-state index >= 15 is 0 Å². The van der Waals surface area contributed by atoms with Crippen LogP contribution in [0.4, 0.5) is 0 Å². The van der Waals surface area contributed by atoms with Crippen molar-refractivity contribution in [2.24, 2.45) is 66.6 Å². The number of primary amides is 1. The summed E-state index contributed by atoms with van der Waals surface area (Å²) in [7, 11) is 0. The first-order valence-corrected chi connectivity index (χ1v) is 25.1. The van der Waals surface area contributed by atoms with Crippen molar-refractivity contribution in [3.8, 4) is 0 Å². The minimum absolute atomic E-state index is 0.00908. The van der Waals surface area contributed by atoms with Crippen LogP contribution in [0.2, 0.25) is 0 Å². The molecule has 0 aromatic heterocycles. The summed E-state index contributed by atoms with van der Waals surface area (Å²) in [5, 5.41) is 41.3. The zero-order valence-electron chi connectivity index (χ0n) is 42.9. The number of aliphatic hydroxyl groups is 1. The number of nitrogens with one attached hydrogen (secondary N) is 8. The molecule has 1 heterocycles. The summed E-state index contributed by atoms with van der Waals surface area (Å²) in [6, 6.07) is -10.6. The highest BCUT2D eigenvalue weighted by Crippen LogP contribution is 2.12. The van der Waals surface area contributed by atoms with E-state index in [1.165, 1.54) is 6.92 Å². The average Bonchev–Trinajstić information content (AvgIpc) is 3.89. The van der Waals surface area contributed by atoms with Gasteiger partial charge >= 0.3 is 5.97 Å². The number of carboxylic acid groups (broad SMARTS) is 1. The Bertz CT molecular complexity index is 1940. The van der Waals surface area contributed by atoms with Crippen LogP contribution in [-0.2, 0) is 43.2 Å². The first-order chi connectivity index (χ1) is 35.5. The van der Waals surface area contributed by atoms with Crippen molar-refractivity contribution in [1.82, 2.24) is 42.5 Å². The smallest absolute Gasteiger partial charge is 0.326 e. The monoisotopic (exact) mass is 1070 g/mol. The van der Waals surface area contributed by atoms with Crippen LogP contribution < -0.4 is 94.1 Å². The van der Waals surface area contributed by atoms with E-state index in [2.05, 4.69) is 57.5 Å². The Labute approximate surface area is 436 Å². The normalized spacial score (nSPS) is 16.1. The minimum Gasteiger partial charge on any atom is -0.480 e. The van der Waals surface area contributed by atoms with Crippen molar-refractivity contribution < 1.29 is 53.4 Å². The Morgan fingerprint density at radius 3 is 1.20 bits per heavy atom.